The van der Waals surface area contributed by atoms with Crippen molar-refractivity contribution in [3.8, 4) is 17.2 Å². The van der Waals surface area contributed by atoms with Crippen molar-refractivity contribution in [2.24, 2.45) is 0 Å². The molecule has 2 aromatic rings. The van der Waals surface area contributed by atoms with Gasteiger partial charge in [-0.3, -0.25) is 9.59 Å². The quantitative estimate of drug-likeness (QED) is 0.707. The summed E-state index contributed by atoms with van der Waals surface area (Å²) in [6.45, 7) is 2.51. The van der Waals surface area contributed by atoms with E-state index in [0.29, 0.717) is 24.6 Å². The van der Waals surface area contributed by atoms with Gasteiger partial charge in [0.2, 0.25) is 5.91 Å². The molecule has 8 heteroatoms. The fourth-order valence-electron chi connectivity index (χ4n) is 3.18. The van der Waals surface area contributed by atoms with Gasteiger partial charge in [0, 0.05) is 37.9 Å². The smallest absolute Gasteiger partial charge is 0.258 e. The fraction of sp³-hybridized carbons (Fsp3) is 0.364. The first-order valence-corrected chi connectivity index (χ1v) is 9.79. The normalized spacial score (nSPS) is 13.5. The Morgan fingerprint density at radius 2 is 1.57 bits per heavy atom. The molecule has 2 aromatic carbocycles. The molecule has 0 aromatic heterocycles. The van der Waals surface area contributed by atoms with E-state index in [0.717, 1.165) is 24.5 Å². The van der Waals surface area contributed by atoms with Crippen molar-refractivity contribution in [3.05, 3.63) is 48.5 Å². The molecule has 0 radical (unpaired) electrons. The van der Waals surface area contributed by atoms with Crippen LogP contribution in [0.5, 0.6) is 17.2 Å². The van der Waals surface area contributed by atoms with Gasteiger partial charge in [-0.1, -0.05) is 6.07 Å². The highest BCUT2D eigenvalue weighted by Crippen LogP contribution is 2.20. The van der Waals surface area contributed by atoms with Crippen molar-refractivity contribution in [2.45, 2.75) is 0 Å². The van der Waals surface area contributed by atoms with Crippen LogP contribution in [0.25, 0.3) is 0 Å². The number of methoxy groups -OCH3 is 2. The Morgan fingerprint density at radius 3 is 2.23 bits per heavy atom. The van der Waals surface area contributed by atoms with E-state index in [4.69, 9.17) is 14.2 Å². The van der Waals surface area contributed by atoms with Crippen molar-refractivity contribution in [3.63, 3.8) is 0 Å². The zero-order valence-electron chi connectivity index (χ0n) is 17.3. The summed E-state index contributed by atoms with van der Waals surface area (Å²) in [4.78, 5) is 28.4. The van der Waals surface area contributed by atoms with Gasteiger partial charge in [0.25, 0.3) is 5.91 Å². The summed E-state index contributed by atoms with van der Waals surface area (Å²) >= 11 is 0. The van der Waals surface area contributed by atoms with Crippen LogP contribution in [0, 0.1) is 0 Å². The van der Waals surface area contributed by atoms with E-state index in [1.165, 1.54) is 0 Å². The highest BCUT2D eigenvalue weighted by Gasteiger charge is 2.21. The molecule has 3 rings (SSSR count). The van der Waals surface area contributed by atoms with Crippen molar-refractivity contribution in [1.82, 2.24) is 10.2 Å². The second-order valence-electron chi connectivity index (χ2n) is 6.81. The van der Waals surface area contributed by atoms with E-state index < -0.39 is 0 Å². The largest absolute Gasteiger partial charge is 0.497 e. The topological polar surface area (TPSA) is 80.3 Å². The number of hydrogen-bond donors (Lipinski definition) is 1. The molecule has 0 aliphatic carbocycles. The molecule has 30 heavy (non-hydrogen) atoms. The van der Waals surface area contributed by atoms with Gasteiger partial charge >= 0.3 is 0 Å². The van der Waals surface area contributed by atoms with E-state index in [-0.39, 0.29) is 25.0 Å². The van der Waals surface area contributed by atoms with Crippen molar-refractivity contribution < 1.29 is 23.8 Å². The van der Waals surface area contributed by atoms with Crippen LogP contribution >= 0.6 is 0 Å². The minimum Gasteiger partial charge on any atom is -0.497 e. The van der Waals surface area contributed by atoms with Crippen molar-refractivity contribution in [2.75, 3.05) is 58.5 Å². The molecule has 160 valence electrons. The molecule has 1 aliphatic rings. The standard InChI is InChI=1S/C22H27N3O5/c1-28-18-8-6-17(7-9-18)24-10-12-25(13-11-24)22(27)15-23-21(26)16-30-20-5-3-4-19(14-20)29-2/h3-9,14H,10-13,15-16H2,1-2H3,(H,23,26). The highest BCUT2D eigenvalue weighted by molar-refractivity contribution is 5.85. The molecular formula is C22H27N3O5. The Bertz CT molecular complexity index is 848. The van der Waals surface area contributed by atoms with E-state index in [9.17, 15) is 9.59 Å². The zero-order chi connectivity index (χ0) is 21.3. The predicted molar refractivity (Wildman–Crippen MR) is 113 cm³/mol. The molecule has 0 bridgehead atoms. The number of rotatable bonds is 8. The Kier molecular flexibility index (Phi) is 7.37. The third-order valence-electron chi connectivity index (χ3n) is 4.92. The first-order valence-electron chi connectivity index (χ1n) is 9.79. The average molecular weight is 413 g/mol. The number of ether oxygens (including phenoxy) is 3. The highest BCUT2D eigenvalue weighted by atomic mass is 16.5. The maximum absolute atomic E-state index is 12.4. The lowest BCUT2D eigenvalue weighted by Gasteiger charge is -2.36. The van der Waals surface area contributed by atoms with Crippen molar-refractivity contribution in [1.29, 1.82) is 0 Å². The lowest BCUT2D eigenvalue weighted by molar-refractivity contribution is -0.133. The van der Waals surface area contributed by atoms with Crippen LogP contribution in [-0.2, 0) is 9.59 Å². The third-order valence-corrected chi connectivity index (χ3v) is 4.92. The van der Waals surface area contributed by atoms with E-state index in [1.54, 1.807) is 43.4 Å². The Hall–Kier alpha value is -3.42. The van der Waals surface area contributed by atoms with Gasteiger partial charge in [0.15, 0.2) is 6.61 Å². The van der Waals surface area contributed by atoms with Gasteiger partial charge in [-0.25, -0.2) is 0 Å². The number of nitrogens with one attached hydrogen (secondary N) is 1. The number of amides is 2. The molecule has 1 heterocycles. The number of anilines is 1. The van der Waals surface area contributed by atoms with Gasteiger partial charge in [-0.15, -0.1) is 0 Å². The average Bonchev–Trinajstić information content (AvgIpc) is 2.81. The fourth-order valence-corrected chi connectivity index (χ4v) is 3.18. The van der Waals surface area contributed by atoms with Crippen LogP contribution in [0.3, 0.4) is 0 Å². The molecule has 8 nitrogen and oxygen atoms in total. The monoisotopic (exact) mass is 413 g/mol. The van der Waals surface area contributed by atoms with Crippen LogP contribution < -0.4 is 24.4 Å². The van der Waals surface area contributed by atoms with E-state index in [1.807, 2.05) is 24.3 Å². The first-order chi connectivity index (χ1) is 14.6. The summed E-state index contributed by atoms with van der Waals surface area (Å²) < 4.78 is 15.7. The van der Waals surface area contributed by atoms with Crippen LogP contribution in [0.2, 0.25) is 0 Å². The molecule has 2 amide bonds. The third kappa shape index (κ3) is 5.79. The minimum atomic E-state index is -0.344. The molecular weight excluding hydrogens is 386 g/mol. The Morgan fingerprint density at radius 1 is 0.900 bits per heavy atom. The maximum atomic E-state index is 12.4. The van der Waals surface area contributed by atoms with E-state index >= 15 is 0 Å². The summed E-state index contributed by atoms with van der Waals surface area (Å²) in [5.74, 6) is 1.56. The second kappa shape index (κ2) is 10.4. The molecule has 0 saturated carbocycles. The zero-order valence-corrected chi connectivity index (χ0v) is 17.3. The molecule has 0 atom stereocenters. The summed E-state index contributed by atoms with van der Waals surface area (Å²) in [7, 11) is 3.21. The first kappa shape index (κ1) is 21.3. The van der Waals surface area contributed by atoms with Crippen LogP contribution in [-0.4, -0.2) is 70.3 Å². The Balaban J connectivity index is 1.38. The van der Waals surface area contributed by atoms with Gasteiger partial charge < -0.3 is 29.3 Å². The summed E-state index contributed by atoms with van der Waals surface area (Å²) in [6, 6.07) is 14.9. The van der Waals surface area contributed by atoms with Crippen LogP contribution in [0.4, 0.5) is 5.69 Å². The molecule has 1 aliphatic heterocycles. The van der Waals surface area contributed by atoms with Gasteiger partial charge in [0.05, 0.1) is 20.8 Å². The number of carbonyl (C=O) groups excluding carboxylic acids is 2. The molecule has 1 saturated heterocycles. The van der Waals surface area contributed by atoms with Crippen molar-refractivity contribution >= 4 is 17.5 Å². The van der Waals surface area contributed by atoms with Gasteiger partial charge in [-0.2, -0.15) is 0 Å². The molecule has 0 spiro atoms. The molecule has 1 fully saturated rings. The van der Waals surface area contributed by atoms with Gasteiger partial charge in [0.1, 0.15) is 17.2 Å². The lowest BCUT2D eigenvalue weighted by atomic mass is 10.2. The number of piperazine rings is 1. The number of nitrogens with zero attached hydrogens (tertiary/aromatic N) is 2. The predicted octanol–water partition coefficient (Wildman–Crippen LogP) is 1.55. The Labute approximate surface area is 176 Å². The SMILES string of the molecule is COc1ccc(N2CCN(C(=O)CNC(=O)COc3cccc(OC)c3)CC2)cc1. The van der Waals surface area contributed by atoms with Gasteiger partial charge in [-0.05, 0) is 36.4 Å². The van der Waals surface area contributed by atoms with Crippen LogP contribution in [0.15, 0.2) is 48.5 Å². The van der Waals surface area contributed by atoms with Crippen LogP contribution in [0.1, 0.15) is 0 Å². The number of benzene rings is 2. The molecule has 0 unspecified atom stereocenters. The summed E-state index contributed by atoms with van der Waals surface area (Å²) in [5.41, 5.74) is 1.10. The summed E-state index contributed by atoms with van der Waals surface area (Å²) in [5, 5.41) is 2.62. The second-order valence-corrected chi connectivity index (χ2v) is 6.81. The number of hydrogen-bond acceptors (Lipinski definition) is 6. The van der Waals surface area contributed by atoms with E-state index in [2.05, 4.69) is 10.2 Å². The summed E-state index contributed by atoms with van der Waals surface area (Å²) in [6.07, 6.45) is 0. The maximum Gasteiger partial charge on any atom is 0.258 e. The number of carbonyl (C=O) groups is 2. The minimum absolute atomic E-state index is 0.0388. The molecule has 1 N–H and O–H groups in total. The lowest BCUT2D eigenvalue weighted by Crippen LogP contribution is -2.51.